The number of nitrogens with zero attached hydrogens (tertiary/aromatic N) is 1. The third-order valence-corrected chi connectivity index (χ3v) is 0. The molecule has 0 bridgehead atoms. The second-order valence-electron chi connectivity index (χ2n) is 0.158. The Morgan fingerprint density at radius 1 is 0.435 bits per heavy atom. The molecule has 0 N–H and O–H groups in total. The molecule has 2 radical (unpaired) electrons. The molecule has 0 aliphatic rings. The van der Waals surface area contributed by atoms with Crippen LogP contribution in [0.5, 0.6) is 0 Å². The molecular weight excluding hydrogens is 400 g/mol. The first-order chi connectivity index (χ1) is 10.4. The predicted molar refractivity (Wildman–Crippen MR) is 46.3 cm³/mol. The van der Waals surface area contributed by atoms with Crippen LogP contribution in [0.15, 0.2) is 0 Å². The molecule has 0 heterocycles. The smallest absolute Gasteiger partial charge is 0 e. The van der Waals surface area contributed by atoms with E-state index in [1.54, 1.807) is 0 Å². The van der Waals surface area contributed by atoms with Crippen molar-refractivity contribution in [1.29, 1.82) is 5.26 Å². The van der Waals surface area contributed by atoms with Crippen molar-refractivity contribution >= 4 is 0 Å². The van der Waals surface area contributed by atoms with Crippen LogP contribution >= 0.6 is 0 Å². The van der Waals surface area contributed by atoms with Crippen molar-refractivity contribution < 1.29 is 76.0 Å². The Morgan fingerprint density at radius 2 is 0.435 bits per heavy atom. The minimum Gasteiger partial charge on any atom is -0.305 e. The predicted octanol–water partition coefficient (Wildman–Crippen LogP) is 0.00148. The fraction of sp³-hybridized carbons (Fsp3) is 0. The van der Waals surface area contributed by atoms with Crippen LogP contribution in [0, 0.1) is 78.1 Å². The number of hydrogen-bond donors (Lipinski definition) is 0. The van der Waals surface area contributed by atoms with Gasteiger partial charge in [0.05, 0.1) is 0 Å². The minimum absolute atomic E-state index is 0. The summed E-state index contributed by atoms with van der Waals surface area (Å²) in [6.45, 7) is 43.3. The third-order valence-electron chi connectivity index (χ3n) is 0. The van der Waals surface area contributed by atoms with E-state index in [4.69, 9.17) is 47.1 Å². The summed E-state index contributed by atoms with van der Waals surface area (Å²) in [4.78, 5) is 0. The van der Waals surface area contributed by atoms with Crippen molar-refractivity contribution in [3.8, 4) is 6.07 Å². The van der Waals surface area contributed by atoms with Gasteiger partial charge in [0.1, 0.15) is 0 Å². The molecule has 0 aromatic heterocycles. The monoisotopic (exact) mass is 402 g/mol. The molecule has 0 spiro atoms. The second kappa shape index (κ2) is 8230. The molecule has 10 nitrogen and oxygen atoms in total. The first-order valence-corrected chi connectivity index (χ1v) is 2.41. The van der Waals surface area contributed by atoms with Crippen molar-refractivity contribution in [2.45, 2.75) is 0 Å². The molecule has 12 heteroatoms. The van der Waals surface area contributed by atoms with Crippen LogP contribution in [-0.4, -0.2) is 0 Å². The Balaban J connectivity index is -0.00000000581. The van der Waals surface area contributed by atoms with Crippen molar-refractivity contribution in [2.75, 3.05) is 0 Å². The molecule has 0 atom stereocenters. The van der Waals surface area contributed by atoms with Gasteiger partial charge in [0.2, 0.25) is 0 Å². The molecule has 0 rings (SSSR count). The Bertz CT molecular complexity index is 230. The summed E-state index contributed by atoms with van der Waals surface area (Å²) in [5.74, 6) is 0. The fourth-order valence-electron chi connectivity index (χ4n) is 0. The van der Waals surface area contributed by atoms with E-state index >= 15 is 0 Å². The maximum absolute atomic E-state index is 7.50. The van der Waals surface area contributed by atoms with Crippen LogP contribution in [-0.2, 0) is 76.0 Å². The molecule has 0 saturated heterocycles. The van der Waals surface area contributed by atoms with E-state index in [1.807, 2.05) is 0 Å². The number of rotatable bonds is 0. The normalized spacial score (nSPS) is 1.09. The Morgan fingerprint density at radius 3 is 0.435 bits per heavy atom. The standard InChI is InChI=1S/C2H2N.9CO.2Mn/c1-2-3;9*1-2;;/h1H2;;;;;;;;;;;/q-1;;;;;;;;;;;. The third kappa shape index (κ3) is 1740. The zero-order chi connectivity index (χ0) is 20.7. The summed E-state index contributed by atoms with van der Waals surface area (Å²) in [5.41, 5.74) is 0. The first-order valence-electron chi connectivity index (χ1n) is 2.41. The summed E-state index contributed by atoms with van der Waals surface area (Å²) in [6, 6.07) is 1.50. The average molecular weight is 402 g/mol. The van der Waals surface area contributed by atoms with Gasteiger partial charge in [-0.05, 0) is 0 Å². The van der Waals surface area contributed by atoms with E-state index in [0.717, 1.165) is 0 Å². The van der Waals surface area contributed by atoms with Crippen LogP contribution in [0.3, 0.4) is 0 Å². The topological polar surface area (TPSA) is 203 Å². The van der Waals surface area contributed by atoms with Gasteiger partial charge >= 0.3 is 102 Å². The number of hydrogen-bond acceptors (Lipinski definition) is 1. The fourth-order valence-corrected chi connectivity index (χ4v) is 0. The molecule has 120 valence electrons. The maximum Gasteiger partial charge on any atom is 0 e. The van der Waals surface area contributed by atoms with Crippen LogP contribution < -0.4 is 0 Å². The van der Waals surface area contributed by atoms with Crippen LogP contribution in [0.2, 0.25) is 0 Å². The molecule has 0 aromatic carbocycles. The van der Waals surface area contributed by atoms with Crippen LogP contribution in [0.1, 0.15) is 0 Å². The van der Waals surface area contributed by atoms with E-state index in [-0.39, 0.29) is 34.1 Å². The molecule has 0 amide bonds. The van der Waals surface area contributed by atoms with Crippen molar-refractivity contribution in [1.82, 2.24) is 0 Å². The van der Waals surface area contributed by atoms with Gasteiger partial charge in [-0.1, -0.05) is 0 Å². The molecule has 0 fully saturated rings. The largest absolute Gasteiger partial charge is 0.305 e. The molecule has 0 aliphatic heterocycles. The van der Waals surface area contributed by atoms with E-state index in [2.05, 4.69) is 66.8 Å². The van der Waals surface area contributed by atoms with Gasteiger partial charge in [-0.15, -0.1) is 6.07 Å². The summed E-state index contributed by atoms with van der Waals surface area (Å²) < 4.78 is 67.5. The summed E-state index contributed by atoms with van der Waals surface area (Å²) in [7, 11) is 0. The average Bonchev–Trinajstić information content (AvgIpc) is 2.70. The van der Waals surface area contributed by atoms with Crippen molar-refractivity contribution in [2.24, 2.45) is 0 Å². The van der Waals surface area contributed by atoms with Crippen LogP contribution in [0.4, 0.5) is 0 Å². The van der Waals surface area contributed by atoms with Gasteiger partial charge in [0, 0.05) is 34.1 Å². The van der Waals surface area contributed by atoms with Gasteiger partial charge in [-0.25, -0.2) is 5.26 Å². The Labute approximate surface area is 154 Å². The molecule has 23 heavy (non-hydrogen) atoms. The molecule has 0 saturated carbocycles. The maximum atomic E-state index is 7.50. The second-order valence-corrected chi connectivity index (χ2v) is 0.158. The van der Waals surface area contributed by atoms with Crippen LogP contribution in [0.25, 0.3) is 0 Å². The molecule has 0 aromatic rings. The summed E-state index contributed by atoms with van der Waals surface area (Å²) >= 11 is 0. The van der Waals surface area contributed by atoms with Gasteiger partial charge < -0.3 is 6.92 Å². The summed E-state index contributed by atoms with van der Waals surface area (Å²) in [6.07, 6.45) is 0. The minimum atomic E-state index is 0. The van der Waals surface area contributed by atoms with Gasteiger partial charge in [0.25, 0.3) is 0 Å². The molecular formula is C11H2Mn2NO9-. The number of nitriles is 1. The quantitative estimate of drug-likeness (QED) is 0.306. The zero-order valence-corrected chi connectivity index (χ0v) is 12.9. The van der Waals surface area contributed by atoms with E-state index in [0.29, 0.717) is 0 Å². The Hall–Kier alpha value is -1.94. The van der Waals surface area contributed by atoms with Crippen molar-refractivity contribution in [3.63, 3.8) is 0 Å². The first kappa shape index (κ1) is 103. The van der Waals surface area contributed by atoms with E-state index < -0.39 is 0 Å². The summed E-state index contributed by atoms with van der Waals surface area (Å²) in [5, 5.41) is 7.21. The van der Waals surface area contributed by atoms with E-state index in [9.17, 15) is 0 Å². The SMILES string of the molecule is [C-]#[O+].[C-]#[O+].[C-]#[O+].[C-]#[O+].[C-]#[O+].[C-]#[O+].[C-]#[O+].[C-]#[O+].[C-]#[O+].[CH2-]C#N.[Mn].[Mn]. The molecule has 0 aliphatic carbocycles. The van der Waals surface area contributed by atoms with Gasteiger partial charge in [-0.3, -0.25) is 0 Å². The Kier molecular flexibility index (Phi) is 36900. The molecule has 0 unspecified atom stereocenters. The zero-order valence-electron chi connectivity index (χ0n) is 10.6. The van der Waals surface area contributed by atoms with Gasteiger partial charge in [0.15, 0.2) is 0 Å². The van der Waals surface area contributed by atoms with Crippen molar-refractivity contribution in [3.05, 3.63) is 66.8 Å². The van der Waals surface area contributed by atoms with E-state index in [1.165, 1.54) is 6.07 Å². The van der Waals surface area contributed by atoms with Gasteiger partial charge in [-0.2, -0.15) is 0 Å².